The van der Waals surface area contributed by atoms with Gasteiger partial charge in [0.2, 0.25) is 10.0 Å². The number of esters is 1. The number of hydrogen-bond donors (Lipinski definition) is 2. The number of amides is 2. The molecule has 27 heavy (non-hydrogen) atoms. The maximum absolute atomic E-state index is 11.9. The van der Waals surface area contributed by atoms with Crippen LogP contribution in [0, 0.1) is 5.92 Å². The number of nitrogens with zero attached hydrogens (tertiary/aromatic N) is 1. The van der Waals surface area contributed by atoms with Crippen LogP contribution >= 0.6 is 0 Å². The van der Waals surface area contributed by atoms with Crippen molar-refractivity contribution in [1.29, 1.82) is 0 Å². The molecular weight excluding hydrogens is 374 g/mol. The molecule has 0 aromatic heterocycles. The summed E-state index contributed by atoms with van der Waals surface area (Å²) in [6, 6.07) is 5.96. The molecule has 1 saturated heterocycles. The molecule has 0 bridgehead atoms. The molecule has 0 spiro atoms. The molecule has 9 nitrogen and oxygen atoms in total. The van der Waals surface area contributed by atoms with Gasteiger partial charge in [0, 0.05) is 25.3 Å². The van der Waals surface area contributed by atoms with Crippen LogP contribution in [0.3, 0.4) is 0 Å². The highest BCUT2D eigenvalue weighted by atomic mass is 32.2. The number of nitrogens with one attached hydrogen (secondary N) is 2. The first kappa shape index (κ1) is 20.8. The number of anilines is 1. The molecule has 1 aromatic carbocycles. The first-order chi connectivity index (χ1) is 12.7. The monoisotopic (exact) mass is 397 g/mol. The molecule has 1 aliphatic rings. The van der Waals surface area contributed by atoms with E-state index in [2.05, 4.69) is 15.4 Å². The van der Waals surface area contributed by atoms with Crippen molar-refractivity contribution in [2.75, 3.05) is 38.3 Å². The second-order valence-electron chi connectivity index (χ2n) is 6.34. The highest BCUT2D eigenvalue weighted by Gasteiger charge is 2.25. The topological polar surface area (TPSA) is 122 Å². The van der Waals surface area contributed by atoms with E-state index in [1.54, 1.807) is 0 Å². The molecule has 1 fully saturated rings. The number of hydrogen-bond acceptors (Lipinski definition) is 6. The van der Waals surface area contributed by atoms with Gasteiger partial charge in [0.1, 0.15) is 0 Å². The Kier molecular flexibility index (Phi) is 6.92. The summed E-state index contributed by atoms with van der Waals surface area (Å²) in [5.41, 5.74) is 0.713. The highest BCUT2D eigenvalue weighted by Crippen LogP contribution is 2.18. The zero-order valence-electron chi connectivity index (χ0n) is 15.2. The lowest BCUT2D eigenvalue weighted by Crippen LogP contribution is -2.43. The highest BCUT2D eigenvalue weighted by molar-refractivity contribution is 7.88. The zero-order valence-corrected chi connectivity index (χ0v) is 16.0. The van der Waals surface area contributed by atoms with Crippen molar-refractivity contribution < 1.29 is 27.5 Å². The minimum Gasteiger partial charge on any atom is -0.465 e. The summed E-state index contributed by atoms with van der Waals surface area (Å²) in [6.07, 6.45) is 2.44. The van der Waals surface area contributed by atoms with Crippen LogP contribution in [0.4, 0.5) is 5.69 Å². The van der Waals surface area contributed by atoms with E-state index in [9.17, 15) is 22.8 Å². The predicted octanol–water partition coefficient (Wildman–Crippen LogP) is 0.200. The van der Waals surface area contributed by atoms with E-state index >= 15 is 0 Å². The van der Waals surface area contributed by atoms with Crippen LogP contribution in [0.25, 0.3) is 0 Å². The molecule has 0 aliphatic carbocycles. The Morgan fingerprint density at radius 3 is 2.22 bits per heavy atom. The summed E-state index contributed by atoms with van der Waals surface area (Å²) in [4.78, 5) is 35.2. The molecule has 1 aromatic rings. The molecule has 0 saturated carbocycles. The zero-order chi connectivity index (χ0) is 20.0. The molecule has 0 unspecified atom stereocenters. The number of sulfonamides is 1. The van der Waals surface area contributed by atoms with Crippen LogP contribution in [0.15, 0.2) is 24.3 Å². The van der Waals surface area contributed by atoms with Crippen molar-refractivity contribution in [2.45, 2.75) is 12.8 Å². The lowest BCUT2D eigenvalue weighted by molar-refractivity contribution is -0.136. The third-order valence-corrected chi connectivity index (χ3v) is 5.67. The first-order valence-corrected chi connectivity index (χ1v) is 10.3. The first-order valence-electron chi connectivity index (χ1n) is 8.43. The fourth-order valence-corrected chi connectivity index (χ4v) is 3.63. The van der Waals surface area contributed by atoms with E-state index < -0.39 is 27.8 Å². The Balaban J connectivity index is 1.78. The van der Waals surface area contributed by atoms with E-state index in [0.29, 0.717) is 43.7 Å². The largest absolute Gasteiger partial charge is 0.465 e. The van der Waals surface area contributed by atoms with E-state index in [0.717, 1.165) is 0 Å². The number of carbonyl (C=O) groups excluding carboxylic acids is 3. The number of methoxy groups -OCH3 is 1. The summed E-state index contributed by atoms with van der Waals surface area (Å²) < 4.78 is 28.9. The smallest absolute Gasteiger partial charge is 0.337 e. The second-order valence-corrected chi connectivity index (χ2v) is 8.32. The number of piperidine rings is 1. The molecule has 2 amide bonds. The van der Waals surface area contributed by atoms with E-state index in [1.165, 1.54) is 41.9 Å². The molecule has 1 heterocycles. The average Bonchev–Trinajstić information content (AvgIpc) is 2.65. The van der Waals surface area contributed by atoms with Gasteiger partial charge in [-0.2, -0.15) is 0 Å². The van der Waals surface area contributed by atoms with Crippen molar-refractivity contribution in [3.8, 4) is 0 Å². The minimum atomic E-state index is -3.19. The van der Waals surface area contributed by atoms with E-state index in [1.807, 2.05) is 0 Å². The van der Waals surface area contributed by atoms with Gasteiger partial charge in [-0.1, -0.05) is 0 Å². The van der Waals surface area contributed by atoms with Crippen LogP contribution in [0.2, 0.25) is 0 Å². The van der Waals surface area contributed by atoms with E-state index in [-0.39, 0.29) is 5.92 Å². The van der Waals surface area contributed by atoms with Gasteiger partial charge in [0.15, 0.2) is 0 Å². The quantitative estimate of drug-likeness (QED) is 0.541. The van der Waals surface area contributed by atoms with Crippen molar-refractivity contribution in [3.05, 3.63) is 29.8 Å². The molecule has 0 atom stereocenters. The van der Waals surface area contributed by atoms with Crippen LogP contribution in [0.5, 0.6) is 0 Å². The third kappa shape index (κ3) is 6.04. The number of benzene rings is 1. The van der Waals surface area contributed by atoms with Crippen LogP contribution < -0.4 is 10.6 Å². The Morgan fingerprint density at radius 1 is 1.11 bits per heavy atom. The average molecular weight is 397 g/mol. The van der Waals surface area contributed by atoms with Crippen molar-refractivity contribution in [1.82, 2.24) is 9.62 Å². The standard InChI is InChI=1S/C17H23N3O6S/c1-26-17(23)13-3-5-14(6-4-13)19-16(22)15(21)18-11-12-7-9-20(10-8-12)27(2,24)25/h3-6,12H,7-11H2,1-2H3,(H,18,21)(H,19,22). The molecule has 0 radical (unpaired) electrons. The molecule has 2 N–H and O–H groups in total. The fourth-order valence-electron chi connectivity index (χ4n) is 2.76. The normalized spacial score (nSPS) is 15.8. The predicted molar refractivity (Wildman–Crippen MR) is 98.6 cm³/mol. The summed E-state index contributed by atoms with van der Waals surface area (Å²) in [5, 5.41) is 5.02. The van der Waals surface area contributed by atoms with Crippen molar-refractivity contribution in [3.63, 3.8) is 0 Å². The number of carbonyl (C=O) groups is 3. The van der Waals surface area contributed by atoms with Gasteiger partial charge in [0.25, 0.3) is 0 Å². The Labute approximate surface area is 158 Å². The minimum absolute atomic E-state index is 0.124. The summed E-state index contributed by atoms with van der Waals surface area (Å²) in [7, 11) is -1.91. The Hall–Kier alpha value is -2.46. The van der Waals surface area contributed by atoms with Gasteiger partial charge in [0.05, 0.1) is 18.9 Å². The van der Waals surface area contributed by atoms with Crippen molar-refractivity contribution >= 4 is 33.5 Å². The maximum Gasteiger partial charge on any atom is 0.337 e. The van der Waals surface area contributed by atoms with Gasteiger partial charge in [-0.15, -0.1) is 0 Å². The van der Waals surface area contributed by atoms with Gasteiger partial charge in [-0.25, -0.2) is 17.5 Å². The summed E-state index contributed by atoms with van der Waals surface area (Å²) >= 11 is 0. The van der Waals surface area contributed by atoms with E-state index in [4.69, 9.17) is 0 Å². The maximum atomic E-state index is 11.9. The van der Waals surface area contributed by atoms with Gasteiger partial charge in [-0.3, -0.25) is 9.59 Å². The van der Waals surface area contributed by atoms with Gasteiger partial charge >= 0.3 is 17.8 Å². The van der Waals surface area contributed by atoms with Gasteiger partial charge in [-0.05, 0) is 43.0 Å². The second kappa shape index (κ2) is 8.96. The van der Waals surface area contributed by atoms with Crippen LogP contribution in [-0.4, -0.2) is 63.5 Å². The lowest BCUT2D eigenvalue weighted by Gasteiger charge is -2.30. The molecular formula is C17H23N3O6S. The SMILES string of the molecule is COC(=O)c1ccc(NC(=O)C(=O)NCC2CCN(S(C)(=O)=O)CC2)cc1. The lowest BCUT2D eigenvalue weighted by atomic mass is 9.98. The van der Waals surface area contributed by atoms with Gasteiger partial charge < -0.3 is 15.4 Å². The van der Waals surface area contributed by atoms with Crippen LogP contribution in [-0.2, 0) is 24.3 Å². The van der Waals surface area contributed by atoms with Crippen LogP contribution in [0.1, 0.15) is 23.2 Å². The molecule has 148 valence electrons. The Bertz CT molecular complexity index is 798. The molecule has 10 heteroatoms. The summed E-state index contributed by atoms with van der Waals surface area (Å²) in [5.74, 6) is -1.95. The Morgan fingerprint density at radius 2 is 1.70 bits per heavy atom. The molecule has 2 rings (SSSR count). The third-order valence-electron chi connectivity index (χ3n) is 4.36. The number of rotatable bonds is 5. The number of ether oxygens (including phenoxy) is 1. The summed E-state index contributed by atoms with van der Waals surface area (Å²) in [6.45, 7) is 1.14. The molecule has 1 aliphatic heterocycles. The fraction of sp³-hybridized carbons (Fsp3) is 0.471. The van der Waals surface area contributed by atoms with Crippen molar-refractivity contribution in [2.24, 2.45) is 5.92 Å².